The third kappa shape index (κ3) is 8.99. The van der Waals surface area contributed by atoms with Gasteiger partial charge in [0.25, 0.3) is 0 Å². The summed E-state index contributed by atoms with van der Waals surface area (Å²) >= 11 is 0. The molecule has 0 radical (unpaired) electrons. The number of aromatic nitrogens is 2. The molecule has 4 nitrogen and oxygen atoms in total. The summed E-state index contributed by atoms with van der Waals surface area (Å²) in [4.78, 5) is 15.0. The Morgan fingerprint density at radius 3 is 1.24 bits per heavy atom. The number of nitrogens with zero attached hydrogens (tertiary/aromatic N) is 4. The highest BCUT2D eigenvalue weighted by atomic mass is 15.1. The lowest BCUT2D eigenvalue weighted by Gasteiger charge is -2.30. The van der Waals surface area contributed by atoms with Gasteiger partial charge in [-0.2, -0.15) is 0 Å². The van der Waals surface area contributed by atoms with Crippen LogP contribution in [0.25, 0.3) is 0 Å². The molecule has 0 aliphatic heterocycles. The van der Waals surface area contributed by atoms with Crippen LogP contribution >= 0.6 is 0 Å². The van der Waals surface area contributed by atoms with E-state index in [4.69, 9.17) is 9.97 Å². The zero-order chi connectivity index (χ0) is 32.3. The van der Waals surface area contributed by atoms with Crippen LogP contribution in [0.5, 0.6) is 0 Å². The lowest BCUT2D eigenvalue weighted by atomic mass is 9.87. The van der Waals surface area contributed by atoms with Crippen molar-refractivity contribution in [2.45, 2.75) is 93.1 Å². The third-order valence-corrected chi connectivity index (χ3v) is 8.89. The Bertz CT molecular complexity index is 1560. The average molecular weight is 611 g/mol. The summed E-state index contributed by atoms with van der Waals surface area (Å²) in [6.45, 7) is 16.3. The molecule has 0 atom stereocenters. The molecule has 4 heteroatoms. The maximum Gasteiger partial charge on any atom is 0.0547 e. The van der Waals surface area contributed by atoms with Crippen molar-refractivity contribution in [1.82, 2.24) is 19.8 Å². The van der Waals surface area contributed by atoms with E-state index >= 15 is 0 Å². The van der Waals surface area contributed by atoms with Crippen LogP contribution in [0.3, 0.4) is 0 Å². The van der Waals surface area contributed by atoms with Gasteiger partial charge < -0.3 is 0 Å². The molecule has 46 heavy (non-hydrogen) atoms. The summed E-state index contributed by atoms with van der Waals surface area (Å²) in [5.74, 6) is 0. The molecule has 0 saturated heterocycles. The molecule has 238 valence electrons. The van der Waals surface area contributed by atoms with Gasteiger partial charge in [-0.05, 0) is 96.3 Å². The summed E-state index contributed by atoms with van der Waals surface area (Å²) in [5.41, 5.74) is 14.5. The smallest absolute Gasteiger partial charge is 0.0547 e. The van der Waals surface area contributed by atoms with E-state index in [1.807, 2.05) is 0 Å². The standard InChI is InChI=1S/C42H50N4/c1-6-36-25-37(7-2)42(31-46(27-35-21-13-10-14-22-35)29-39-24-16-18-33(5)44-39)40(8-3)41(36)30-45(26-34-19-11-9-12-20-34)28-38-23-15-17-32(4)43-38/h9-25H,6-8,26-31H2,1-5H3. The monoisotopic (exact) mass is 610 g/mol. The Morgan fingerprint density at radius 1 is 0.435 bits per heavy atom. The van der Waals surface area contributed by atoms with Gasteiger partial charge in [0, 0.05) is 50.7 Å². The first-order valence-electron chi connectivity index (χ1n) is 17.0. The van der Waals surface area contributed by atoms with Gasteiger partial charge >= 0.3 is 0 Å². The van der Waals surface area contributed by atoms with Gasteiger partial charge in [0.05, 0.1) is 11.4 Å². The van der Waals surface area contributed by atoms with Crippen LogP contribution in [0.15, 0.2) is 103 Å². The predicted octanol–water partition coefficient (Wildman–Crippen LogP) is 9.19. The van der Waals surface area contributed by atoms with E-state index in [-0.39, 0.29) is 0 Å². The zero-order valence-corrected chi connectivity index (χ0v) is 28.5. The fraction of sp³-hybridized carbons (Fsp3) is 0.333. The predicted molar refractivity (Wildman–Crippen MR) is 191 cm³/mol. The van der Waals surface area contributed by atoms with E-state index in [9.17, 15) is 0 Å². The van der Waals surface area contributed by atoms with Crippen LogP contribution in [0.1, 0.15) is 82.5 Å². The van der Waals surface area contributed by atoms with Crippen molar-refractivity contribution in [2.24, 2.45) is 0 Å². The maximum atomic E-state index is 4.90. The summed E-state index contributed by atoms with van der Waals surface area (Å²) in [7, 11) is 0. The van der Waals surface area contributed by atoms with Crippen molar-refractivity contribution in [3.63, 3.8) is 0 Å². The second-order valence-electron chi connectivity index (χ2n) is 12.5. The number of hydrogen-bond donors (Lipinski definition) is 0. The first kappa shape index (κ1) is 33.2. The molecule has 0 fully saturated rings. The average Bonchev–Trinajstić information content (AvgIpc) is 3.06. The largest absolute Gasteiger partial charge is 0.289 e. The summed E-state index contributed by atoms with van der Waals surface area (Å²) in [6.07, 6.45) is 3.06. The van der Waals surface area contributed by atoms with Gasteiger partial charge in [-0.3, -0.25) is 19.8 Å². The Morgan fingerprint density at radius 2 is 0.870 bits per heavy atom. The van der Waals surface area contributed by atoms with Crippen LogP contribution in [-0.2, 0) is 58.5 Å². The molecule has 0 spiro atoms. The van der Waals surface area contributed by atoms with Gasteiger partial charge in [-0.15, -0.1) is 0 Å². The molecule has 0 aliphatic rings. The van der Waals surface area contributed by atoms with Crippen LogP contribution in [0, 0.1) is 13.8 Å². The number of pyridine rings is 2. The van der Waals surface area contributed by atoms with Crippen molar-refractivity contribution in [1.29, 1.82) is 0 Å². The molecule has 3 aromatic carbocycles. The Balaban J connectivity index is 1.54. The van der Waals surface area contributed by atoms with Crippen molar-refractivity contribution in [2.75, 3.05) is 0 Å². The van der Waals surface area contributed by atoms with Crippen molar-refractivity contribution in [3.05, 3.63) is 165 Å². The number of benzene rings is 3. The highest BCUT2D eigenvalue weighted by molar-refractivity contribution is 5.47. The normalized spacial score (nSPS) is 11.5. The molecule has 0 aliphatic carbocycles. The van der Waals surface area contributed by atoms with Gasteiger partial charge in [-0.25, -0.2) is 0 Å². The third-order valence-electron chi connectivity index (χ3n) is 8.89. The first-order valence-corrected chi connectivity index (χ1v) is 17.0. The van der Waals surface area contributed by atoms with Gasteiger partial charge in [0.15, 0.2) is 0 Å². The van der Waals surface area contributed by atoms with E-state index in [0.29, 0.717) is 0 Å². The van der Waals surface area contributed by atoms with Crippen molar-refractivity contribution >= 4 is 0 Å². The number of hydrogen-bond acceptors (Lipinski definition) is 4. The highest BCUT2D eigenvalue weighted by Crippen LogP contribution is 2.30. The van der Waals surface area contributed by atoms with Crippen LogP contribution < -0.4 is 0 Å². The second kappa shape index (κ2) is 16.4. The SMILES string of the molecule is CCc1cc(CC)c(CN(Cc2ccccc2)Cc2cccc(C)n2)c(CC)c1CN(Cc1ccccc1)Cc1cccc(C)n1. The van der Waals surface area contributed by atoms with E-state index < -0.39 is 0 Å². The fourth-order valence-electron chi connectivity index (χ4n) is 6.71. The van der Waals surface area contributed by atoms with E-state index in [1.165, 1.54) is 38.9 Å². The molecule has 0 saturated carbocycles. The molecule has 0 N–H and O–H groups in total. The van der Waals surface area contributed by atoms with Gasteiger partial charge in [-0.1, -0.05) is 99.6 Å². The van der Waals surface area contributed by atoms with Crippen LogP contribution in [0.4, 0.5) is 0 Å². The molecule has 0 amide bonds. The molecule has 5 rings (SSSR count). The van der Waals surface area contributed by atoms with Gasteiger partial charge in [0.1, 0.15) is 0 Å². The van der Waals surface area contributed by atoms with Crippen molar-refractivity contribution < 1.29 is 0 Å². The lowest BCUT2D eigenvalue weighted by Crippen LogP contribution is -2.27. The van der Waals surface area contributed by atoms with E-state index in [2.05, 4.69) is 148 Å². The maximum absolute atomic E-state index is 4.90. The minimum absolute atomic E-state index is 0.812. The Hall–Kier alpha value is -4.12. The lowest BCUT2D eigenvalue weighted by molar-refractivity contribution is 0.238. The molecule has 5 aromatic rings. The second-order valence-corrected chi connectivity index (χ2v) is 12.5. The minimum atomic E-state index is 0.812. The van der Waals surface area contributed by atoms with E-state index in [0.717, 1.165) is 81.3 Å². The fourth-order valence-corrected chi connectivity index (χ4v) is 6.71. The number of rotatable bonds is 15. The molecular weight excluding hydrogens is 560 g/mol. The molecule has 0 unspecified atom stereocenters. The summed E-state index contributed by atoms with van der Waals surface area (Å²) in [5, 5.41) is 0. The molecular formula is C42H50N4. The highest BCUT2D eigenvalue weighted by Gasteiger charge is 2.21. The Labute approximate surface area is 277 Å². The first-order chi connectivity index (χ1) is 22.4. The molecule has 2 aromatic heterocycles. The Kier molecular flexibility index (Phi) is 11.9. The number of aryl methyl sites for hydroxylation is 4. The molecule has 0 bridgehead atoms. The van der Waals surface area contributed by atoms with E-state index in [1.54, 1.807) is 0 Å². The quantitative estimate of drug-likeness (QED) is 0.118. The summed E-state index contributed by atoms with van der Waals surface area (Å²) < 4.78 is 0. The van der Waals surface area contributed by atoms with Crippen LogP contribution in [-0.4, -0.2) is 19.8 Å². The minimum Gasteiger partial charge on any atom is -0.289 e. The topological polar surface area (TPSA) is 32.3 Å². The summed E-state index contributed by atoms with van der Waals surface area (Å²) in [6, 6.07) is 37.0. The zero-order valence-electron chi connectivity index (χ0n) is 28.5. The van der Waals surface area contributed by atoms with Crippen LogP contribution in [0.2, 0.25) is 0 Å². The molecule has 2 heterocycles. The van der Waals surface area contributed by atoms with Gasteiger partial charge in [0.2, 0.25) is 0 Å². The van der Waals surface area contributed by atoms with Crippen molar-refractivity contribution in [3.8, 4) is 0 Å².